The number of imidazole rings is 1. The summed E-state index contributed by atoms with van der Waals surface area (Å²) in [6.07, 6.45) is 0. The van der Waals surface area contributed by atoms with Crippen molar-refractivity contribution in [1.82, 2.24) is 9.55 Å². The largest absolute Gasteiger partial charge is 0.383 e. The molecule has 0 bridgehead atoms. The molecule has 0 saturated carbocycles. The number of anilines is 1. The first kappa shape index (κ1) is 16.1. The number of nitrogens with zero attached hydrogens (tertiary/aromatic N) is 2. The Morgan fingerprint density at radius 1 is 1.24 bits per heavy atom. The third kappa shape index (κ3) is 3.31. The smallest absolute Gasteiger partial charge is 0.131 e. The van der Waals surface area contributed by atoms with Crippen LogP contribution < -0.4 is 5.73 Å². The van der Waals surface area contributed by atoms with Crippen LogP contribution in [0.2, 0.25) is 0 Å². The van der Waals surface area contributed by atoms with Gasteiger partial charge in [-0.05, 0) is 24.5 Å². The molecule has 0 aliphatic rings. The van der Waals surface area contributed by atoms with Crippen molar-refractivity contribution < 1.29 is 0 Å². The second-order valence-electron chi connectivity index (χ2n) is 6.33. The van der Waals surface area contributed by atoms with Gasteiger partial charge in [0.25, 0.3) is 0 Å². The Kier molecular flexibility index (Phi) is 4.77. The van der Waals surface area contributed by atoms with Gasteiger partial charge in [-0.1, -0.05) is 55.8 Å². The maximum Gasteiger partial charge on any atom is 0.131 e. The molecular weight excluding hydrogens is 326 g/mol. The summed E-state index contributed by atoms with van der Waals surface area (Å²) in [7, 11) is 0. The maximum absolute atomic E-state index is 6.40. The molecule has 2 rings (SSSR count). The molecule has 1 aromatic carbocycles. The lowest BCUT2D eigenvalue weighted by molar-refractivity contribution is 0.502. The molecule has 3 nitrogen and oxygen atoms in total. The summed E-state index contributed by atoms with van der Waals surface area (Å²) in [5.74, 6) is 2.72. The van der Waals surface area contributed by atoms with E-state index in [4.69, 9.17) is 10.7 Å². The molecule has 2 aromatic rings. The van der Waals surface area contributed by atoms with E-state index in [1.165, 1.54) is 5.56 Å². The fourth-order valence-corrected chi connectivity index (χ4v) is 2.81. The van der Waals surface area contributed by atoms with E-state index in [2.05, 4.69) is 73.3 Å². The van der Waals surface area contributed by atoms with Gasteiger partial charge >= 0.3 is 0 Å². The lowest BCUT2D eigenvalue weighted by Crippen LogP contribution is -2.12. The maximum atomic E-state index is 6.40. The molecule has 0 fully saturated rings. The van der Waals surface area contributed by atoms with Gasteiger partial charge in [0.1, 0.15) is 17.3 Å². The van der Waals surface area contributed by atoms with Gasteiger partial charge in [0.15, 0.2) is 0 Å². The van der Waals surface area contributed by atoms with Crippen molar-refractivity contribution in [3.05, 3.63) is 34.1 Å². The Balaban J connectivity index is 2.56. The van der Waals surface area contributed by atoms with Gasteiger partial charge in [0.05, 0.1) is 0 Å². The zero-order chi connectivity index (χ0) is 15.7. The summed E-state index contributed by atoms with van der Waals surface area (Å²) in [6.45, 7) is 11.7. The molecular formula is C17H24BrN3. The lowest BCUT2D eigenvalue weighted by atomic mass is 10.1. The first-order valence-electron chi connectivity index (χ1n) is 7.43. The van der Waals surface area contributed by atoms with E-state index >= 15 is 0 Å². The zero-order valence-electron chi connectivity index (χ0n) is 13.4. The Morgan fingerprint density at radius 3 is 2.43 bits per heavy atom. The van der Waals surface area contributed by atoms with E-state index in [-0.39, 0.29) is 0 Å². The molecule has 0 aliphatic heterocycles. The van der Waals surface area contributed by atoms with Gasteiger partial charge < -0.3 is 10.3 Å². The van der Waals surface area contributed by atoms with Crippen molar-refractivity contribution >= 4 is 21.7 Å². The molecule has 0 aliphatic carbocycles. The van der Waals surface area contributed by atoms with Crippen LogP contribution >= 0.6 is 15.9 Å². The van der Waals surface area contributed by atoms with Gasteiger partial charge in [0, 0.05) is 22.5 Å². The topological polar surface area (TPSA) is 43.8 Å². The molecule has 114 valence electrons. The Hall–Kier alpha value is -1.29. The van der Waals surface area contributed by atoms with Crippen molar-refractivity contribution in [2.24, 2.45) is 5.92 Å². The molecule has 0 spiro atoms. The summed E-state index contributed by atoms with van der Waals surface area (Å²) in [6, 6.07) is 6.27. The second kappa shape index (κ2) is 6.22. The molecule has 21 heavy (non-hydrogen) atoms. The van der Waals surface area contributed by atoms with Crippen molar-refractivity contribution in [3.8, 4) is 11.3 Å². The van der Waals surface area contributed by atoms with Crippen LogP contribution in [0.25, 0.3) is 11.3 Å². The number of nitrogen functional groups attached to an aromatic ring is 1. The Bertz CT molecular complexity index is 642. The second-order valence-corrected chi connectivity index (χ2v) is 7.18. The highest BCUT2D eigenvalue weighted by Crippen LogP contribution is 2.32. The number of rotatable bonds is 4. The summed E-state index contributed by atoms with van der Waals surface area (Å²) >= 11 is 3.59. The molecule has 2 N–H and O–H groups in total. The highest BCUT2D eigenvalue weighted by atomic mass is 79.9. The fourth-order valence-electron chi connectivity index (χ4n) is 2.43. The first-order chi connectivity index (χ1) is 9.81. The third-order valence-electron chi connectivity index (χ3n) is 3.55. The molecule has 0 saturated heterocycles. The van der Waals surface area contributed by atoms with Gasteiger partial charge in [-0.2, -0.15) is 0 Å². The van der Waals surface area contributed by atoms with Gasteiger partial charge in [-0.25, -0.2) is 4.98 Å². The average Bonchev–Trinajstić information content (AvgIpc) is 2.70. The molecule has 0 radical (unpaired) electrons. The number of aryl methyl sites for hydroxylation is 1. The summed E-state index contributed by atoms with van der Waals surface area (Å²) in [5, 5.41) is 0. The molecule has 1 aromatic heterocycles. The highest BCUT2D eigenvalue weighted by Gasteiger charge is 2.19. The highest BCUT2D eigenvalue weighted by molar-refractivity contribution is 9.10. The Morgan fingerprint density at radius 2 is 1.90 bits per heavy atom. The lowest BCUT2D eigenvalue weighted by Gasteiger charge is -2.14. The standard InChI is InChI=1S/C17H24BrN3/c1-10(2)9-21-16(19)15(20-17(21)11(3)4)13-7-6-12(5)14(18)8-13/h6-8,10-11H,9,19H2,1-5H3. The number of hydrogen-bond acceptors (Lipinski definition) is 2. The van der Waals surface area contributed by atoms with Crippen molar-refractivity contribution in [1.29, 1.82) is 0 Å². The number of benzene rings is 1. The van der Waals surface area contributed by atoms with Gasteiger partial charge in [-0.15, -0.1) is 0 Å². The number of halogens is 1. The Labute approximate surface area is 135 Å². The van der Waals surface area contributed by atoms with Crippen LogP contribution in [0.15, 0.2) is 22.7 Å². The third-order valence-corrected chi connectivity index (χ3v) is 4.40. The monoisotopic (exact) mass is 349 g/mol. The van der Waals surface area contributed by atoms with Crippen molar-refractivity contribution in [3.63, 3.8) is 0 Å². The van der Waals surface area contributed by atoms with E-state index in [9.17, 15) is 0 Å². The van der Waals surface area contributed by atoms with Crippen LogP contribution in [0.5, 0.6) is 0 Å². The first-order valence-corrected chi connectivity index (χ1v) is 8.23. The minimum atomic E-state index is 0.355. The molecule has 0 atom stereocenters. The van der Waals surface area contributed by atoms with Crippen molar-refractivity contribution in [2.45, 2.75) is 47.1 Å². The number of nitrogens with two attached hydrogens (primary N) is 1. The SMILES string of the molecule is Cc1ccc(-c2nc(C(C)C)n(CC(C)C)c2N)cc1Br. The van der Waals surface area contributed by atoms with Gasteiger partial charge in [-0.3, -0.25) is 0 Å². The molecule has 1 heterocycles. The van der Waals surface area contributed by atoms with Crippen molar-refractivity contribution in [2.75, 3.05) is 5.73 Å². The predicted octanol–water partition coefficient (Wildman–Crippen LogP) is 4.98. The molecule has 0 amide bonds. The van der Waals surface area contributed by atoms with E-state index in [1.54, 1.807) is 0 Å². The van der Waals surface area contributed by atoms with Crippen LogP contribution in [0.4, 0.5) is 5.82 Å². The molecule has 4 heteroatoms. The fraction of sp³-hybridized carbons (Fsp3) is 0.471. The quantitative estimate of drug-likeness (QED) is 0.845. The predicted molar refractivity (Wildman–Crippen MR) is 93.4 cm³/mol. The average molecular weight is 350 g/mol. The van der Waals surface area contributed by atoms with Crippen LogP contribution in [-0.2, 0) is 6.54 Å². The van der Waals surface area contributed by atoms with E-state index in [1.807, 2.05) is 0 Å². The minimum Gasteiger partial charge on any atom is -0.383 e. The number of hydrogen-bond donors (Lipinski definition) is 1. The summed E-state index contributed by atoms with van der Waals surface area (Å²) in [4.78, 5) is 4.82. The number of aromatic nitrogens is 2. The summed E-state index contributed by atoms with van der Waals surface area (Å²) < 4.78 is 3.25. The normalized spacial score (nSPS) is 11.6. The van der Waals surface area contributed by atoms with Crippen LogP contribution in [0.3, 0.4) is 0 Å². The van der Waals surface area contributed by atoms with E-state index in [0.717, 1.165) is 33.9 Å². The van der Waals surface area contributed by atoms with Crippen LogP contribution in [0.1, 0.15) is 45.0 Å². The molecule has 0 unspecified atom stereocenters. The van der Waals surface area contributed by atoms with Gasteiger partial charge in [0.2, 0.25) is 0 Å². The van der Waals surface area contributed by atoms with E-state index in [0.29, 0.717) is 11.8 Å². The van der Waals surface area contributed by atoms with Crippen LogP contribution in [-0.4, -0.2) is 9.55 Å². The zero-order valence-corrected chi connectivity index (χ0v) is 15.0. The van der Waals surface area contributed by atoms with Crippen LogP contribution in [0, 0.1) is 12.8 Å². The van der Waals surface area contributed by atoms with E-state index < -0.39 is 0 Å². The minimum absolute atomic E-state index is 0.355. The summed E-state index contributed by atoms with van der Waals surface area (Å²) in [5.41, 5.74) is 9.56.